The number of hydrogen-bond acceptors (Lipinski definition) is 2. The maximum absolute atomic E-state index is 11.5. The van der Waals surface area contributed by atoms with E-state index in [1.54, 1.807) is 0 Å². The highest BCUT2D eigenvalue weighted by Crippen LogP contribution is 2.23. The summed E-state index contributed by atoms with van der Waals surface area (Å²) in [6, 6.07) is 6.18. The third-order valence-corrected chi connectivity index (χ3v) is 3.23. The maximum Gasteiger partial charge on any atom is 0.309 e. The molecule has 0 fully saturated rings. The lowest BCUT2D eigenvalue weighted by molar-refractivity contribution is -0.139. The SMILES string of the molecule is CC/C=C(\CC)c1ccc(P)cc1CC(=O)OC. The molecule has 0 aliphatic heterocycles. The number of esters is 1. The van der Waals surface area contributed by atoms with E-state index < -0.39 is 0 Å². The third kappa shape index (κ3) is 3.96. The number of allylic oxidation sites excluding steroid dienone is 2. The van der Waals surface area contributed by atoms with Crippen LogP contribution in [0.25, 0.3) is 5.57 Å². The Morgan fingerprint density at radius 3 is 2.67 bits per heavy atom. The molecule has 1 aromatic carbocycles. The minimum absolute atomic E-state index is 0.196. The van der Waals surface area contributed by atoms with Crippen LogP contribution in [0, 0.1) is 0 Å². The van der Waals surface area contributed by atoms with Gasteiger partial charge in [0.25, 0.3) is 0 Å². The van der Waals surface area contributed by atoms with Gasteiger partial charge < -0.3 is 4.74 Å². The highest BCUT2D eigenvalue weighted by Gasteiger charge is 2.10. The first-order chi connectivity index (χ1) is 8.62. The van der Waals surface area contributed by atoms with Gasteiger partial charge in [-0.3, -0.25) is 4.79 Å². The second-order valence-corrected chi connectivity index (χ2v) is 4.83. The van der Waals surface area contributed by atoms with E-state index in [0.717, 1.165) is 29.3 Å². The van der Waals surface area contributed by atoms with E-state index in [0.29, 0.717) is 6.42 Å². The second kappa shape index (κ2) is 7.33. The molecule has 0 amide bonds. The van der Waals surface area contributed by atoms with Crippen molar-refractivity contribution >= 4 is 26.1 Å². The van der Waals surface area contributed by atoms with E-state index in [1.165, 1.54) is 12.7 Å². The normalized spacial score (nSPS) is 11.4. The minimum Gasteiger partial charge on any atom is -0.469 e. The zero-order valence-corrected chi connectivity index (χ0v) is 12.5. The fraction of sp³-hybridized carbons (Fsp3) is 0.400. The summed E-state index contributed by atoms with van der Waals surface area (Å²) in [5.41, 5.74) is 3.49. The van der Waals surface area contributed by atoms with E-state index in [4.69, 9.17) is 4.74 Å². The molecule has 0 aliphatic rings. The summed E-state index contributed by atoms with van der Waals surface area (Å²) in [6.07, 6.45) is 4.52. The Hall–Kier alpha value is -1.14. The van der Waals surface area contributed by atoms with E-state index in [2.05, 4.69) is 41.3 Å². The van der Waals surface area contributed by atoms with Crippen LogP contribution >= 0.6 is 9.24 Å². The lowest BCUT2D eigenvalue weighted by atomic mass is 9.95. The molecule has 18 heavy (non-hydrogen) atoms. The zero-order chi connectivity index (χ0) is 13.5. The molecule has 0 saturated carbocycles. The van der Waals surface area contributed by atoms with Crippen molar-refractivity contribution in [3.05, 3.63) is 35.4 Å². The smallest absolute Gasteiger partial charge is 0.309 e. The molecule has 0 bridgehead atoms. The lowest BCUT2D eigenvalue weighted by Crippen LogP contribution is -2.09. The van der Waals surface area contributed by atoms with Crippen molar-refractivity contribution in [2.45, 2.75) is 33.1 Å². The topological polar surface area (TPSA) is 26.3 Å². The Bertz CT molecular complexity index is 450. The Balaban J connectivity index is 3.17. The molecule has 3 heteroatoms. The summed E-state index contributed by atoms with van der Waals surface area (Å²) >= 11 is 0. The highest BCUT2D eigenvalue weighted by atomic mass is 31.0. The van der Waals surface area contributed by atoms with Gasteiger partial charge in [0, 0.05) is 0 Å². The maximum atomic E-state index is 11.5. The number of hydrogen-bond donors (Lipinski definition) is 0. The molecule has 0 radical (unpaired) electrons. The summed E-state index contributed by atoms with van der Waals surface area (Å²) in [4.78, 5) is 11.5. The average Bonchev–Trinajstić information content (AvgIpc) is 2.36. The number of rotatable bonds is 5. The van der Waals surface area contributed by atoms with Gasteiger partial charge in [0.2, 0.25) is 0 Å². The van der Waals surface area contributed by atoms with Gasteiger partial charge >= 0.3 is 5.97 Å². The fourth-order valence-electron chi connectivity index (χ4n) is 1.99. The molecular formula is C15H21O2P. The van der Waals surface area contributed by atoms with Gasteiger partial charge in [0.1, 0.15) is 0 Å². The molecule has 0 aromatic heterocycles. The molecule has 0 spiro atoms. The van der Waals surface area contributed by atoms with Gasteiger partial charge in [0.15, 0.2) is 0 Å². The zero-order valence-electron chi connectivity index (χ0n) is 11.3. The van der Waals surface area contributed by atoms with Crippen LogP contribution in [0.4, 0.5) is 0 Å². The van der Waals surface area contributed by atoms with Crippen molar-refractivity contribution in [2.24, 2.45) is 0 Å². The lowest BCUT2D eigenvalue weighted by Gasteiger charge is -2.12. The summed E-state index contributed by atoms with van der Waals surface area (Å²) in [6.45, 7) is 4.26. The Labute approximate surface area is 112 Å². The standard InChI is InChI=1S/C15H21O2P/c1-4-6-11(5-2)14-8-7-13(18)9-12(14)10-15(16)17-3/h6-9H,4-5,10,18H2,1-3H3/b11-6+. The molecule has 2 nitrogen and oxygen atoms in total. The minimum atomic E-state index is -0.196. The molecule has 0 heterocycles. The predicted molar refractivity (Wildman–Crippen MR) is 80.1 cm³/mol. The first-order valence-corrected chi connectivity index (χ1v) is 6.84. The van der Waals surface area contributed by atoms with Crippen LogP contribution in [0.1, 0.15) is 37.8 Å². The van der Waals surface area contributed by atoms with Crippen molar-refractivity contribution in [1.29, 1.82) is 0 Å². The van der Waals surface area contributed by atoms with Crippen LogP contribution in [0.15, 0.2) is 24.3 Å². The quantitative estimate of drug-likeness (QED) is 0.603. The van der Waals surface area contributed by atoms with Crippen LogP contribution in [-0.4, -0.2) is 13.1 Å². The Morgan fingerprint density at radius 1 is 1.39 bits per heavy atom. The monoisotopic (exact) mass is 264 g/mol. The Morgan fingerprint density at radius 2 is 2.11 bits per heavy atom. The first-order valence-electron chi connectivity index (χ1n) is 6.27. The number of benzene rings is 1. The van der Waals surface area contributed by atoms with Gasteiger partial charge in [-0.15, -0.1) is 9.24 Å². The second-order valence-electron chi connectivity index (χ2n) is 4.16. The summed E-state index contributed by atoms with van der Waals surface area (Å²) in [7, 11) is 4.09. The molecular weight excluding hydrogens is 243 g/mol. The van der Waals surface area contributed by atoms with Gasteiger partial charge in [-0.1, -0.05) is 38.1 Å². The predicted octanol–water partition coefficient (Wildman–Crippen LogP) is 3.11. The van der Waals surface area contributed by atoms with Crippen molar-refractivity contribution < 1.29 is 9.53 Å². The van der Waals surface area contributed by atoms with Crippen molar-refractivity contribution in [3.8, 4) is 0 Å². The van der Waals surface area contributed by atoms with Crippen LogP contribution < -0.4 is 5.30 Å². The van der Waals surface area contributed by atoms with E-state index in [9.17, 15) is 4.79 Å². The van der Waals surface area contributed by atoms with Crippen LogP contribution in [-0.2, 0) is 16.0 Å². The first kappa shape index (κ1) is 14.9. The van der Waals surface area contributed by atoms with Gasteiger partial charge in [-0.2, -0.15) is 0 Å². The molecule has 0 saturated heterocycles. The van der Waals surface area contributed by atoms with E-state index in [-0.39, 0.29) is 5.97 Å². The summed E-state index contributed by atoms with van der Waals surface area (Å²) < 4.78 is 4.76. The van der Waals surface area contributed by atoms with Crippen LogP contribution in [0.2, 0.25) is 0 Å². The Kier molecular flexibility index (Phi) is 6.07. The summed E-state index contributed by atoms with van der Waals surface area (Å²) in [5, 5.41) is 1.09. The molecule has 1 atom stereocenters. The number of methoxy groups -OCH3 is 1. The third-order valence-electron chi connectivity index (χ3n) is 2.87. The largest absolute Gasteiger partial charge is 0.469 e. The van der Waals surface area contributed by atoms with Crippen molar-refractivity contribution in [3.63, 3.8) is 0 Å². The van der Waals surface area contributed by atoms with Crippen LogP contribution in [0.5, 0.6) is 0 Å². The van der Waals surface area contributed by atoms with E-state index in [1.807, 2.05) is 6.07 Å². The number of ether oxygens (including phenoxy) is 1. The van der Waals surface area contributed by atoms with Crippen molar-refractivity contribution in [2.75, 3.05) is 7.11 Å². The molecule has 98 valence electrons. The van der Waals surface area contributed by atoms with Crippen molar-refractivity contribution in [1.82, 2.24) is 0 Å². The fourth-order valence-corrected chi connectivity index (χ4v) is 2.29. The van der Waals surface area contributed by atoms with Gasteiger partial charge in [-0.25, -0.2) is 0 Å². The van der Waals surface area contributed by atoms with Gasteiger partial charge in [-0.05, 0) is 34.8 Å². The van der Waals surface area contributed by atoms with Gasteiger partial charge in [0.05, 0.1) is 13.5 Å². The highest BCUT2D eigenvalue weighted by molar-refractivity contribution is 7.27. The summed E-state index contributed by atoms with van der Waals surface area (Å²) in [5.74, 6) is -0.196. The average molecular weight is 264 g/mol. The van der Waals surface area contributed by atoms with Crippen LogP contribution in [0.3, 0.4) is 0 Å². The molecule has 1 aromatic rings. The molecule has 0 N–H and O–H groups in total. The number of carbonyl (C=O) groups is 1. The molecule has 0 aliphatic carbocycles. The molecule has 1 unspecified atom stereocenters. The number of carbonyl (C=O) groups excluding carboxylic acids is 1. The molecule has 1 rings (SSSR count). The van der Waals surface area contributed by atoms with E-state index >= 15 is 0 Å².